The maximum atomic E-state index is 6.10. The molecule has 1 fully saturated rings. The maximum Gasteiger partial charge on any atom is 0.0723 e. The lowest BCUT2D eigenvalue weighted by Gasteiger charge is -2.34. The van der Waals surface area contributed by atoms with Gasteiger partial charge in [-0.25, -0.2) is 0 Å². The zero-order chi connectivity index (χ0) is 12.5. The second-order valence-electron chi connectivity index (χ2n) is 4.78. The van der Waals surface area contributed by atoms with E-state index in [1.165, 1.54) is 5.69 Å². The molecule has 0 atom stereocenters. The van der Waals surface area contributed by atoms with Crippen molar-refractivity contribution in [3.8, 4) is 0 Å². The average molecular weight is 262 g/mol. The van der Waals surface area contributed by atoms with Gasteiger partial charge in [0.2, 0.25) is 0 Å². The van der Waals surface area contributed by atoms with Crippen LogP contribution in [0.4, 0.5) is 5.69 Å². The van der Waals surface area contributed by atoms with E-state index in [0.29, 0.717) is 0 Å². The molecule has 1 aliphatic heterocycles. The normalized spacial score (nSPS) is 17.3. The Morgan fingerprint density at radius 3 is 2.67 bits per heavy atom. The number of fused-ring (bicyclic) bond motifs is 1. The number of hydrogen-bond acceptors (Lipinski definition) is 3. The molecule has 1 aliphatic rings. The lowest BCUT2D eigenvalue weighted by atomic mass is 10.1. The molecule has 3 nitrogen and oxygen atoms in total. The van der Waals surface area contributed by atoms with E-state index < -0.39 is 0 Å². The minimum Gasteiger partial charge on any atom is -0.368 e. The van der Waals surface area contributed by atoms with Crippen LogP contribution in [0, 0.1) is 0 Å². The van der Waals surface area contributed by atoms with Gasteiger partial charge in [0.1, 0.15) is 0 Å². The third kappa shape index (κ3) is 2.16. The molecule has 4 heteroatoms. The number of piperazine rings is 1. The molecule has 94 valence electrons. The molecule has 3 rings (SSSR count). The van der Waals surface area contributed by atoms with Crippen LogP contribution in [0.1, 0.15) is 0 Å². The first-order valence-electron chi connectivity index (χ1n) is 6.22. The van der Waals surface area contributed by atoms with Crippen LogP contribution in [0.2, 0.25) is 5.02 Å². The largest absolute Gasteiger partial charge is 0.368 e. The zero-order valence-corrected chi connectivity index (χ0v) is 11.2. The van der Waals surface area contributed by atoms with Gasteiger partial charge in [0.25, 0.3) is 0 Å². The predicted octanol–water partition coefficient (Wildman–Crippen LogP) is 2.64. The summed E-state index contributed by atoms with van der Waals surface area (Å²) in [6.07, 6.45) is 1.88. The lowest BCUT2D eigenvalue weighted by Crippen LogP contribution is -2.44. The van der Waals surface area contributed by atoms with Crippen molar-refractivity contribution in [2.24, 2.45) is 0 Å². The van der Waals surface area contributed by atoms with E-state index in [1.807, 2.05) is 24.4 Å². The quantitative estimate of drug-likeness (QED) is 0.787. The summed E-state index contributed by atoms with van der Waals surface area (Å²) in [4.78, 5) is 9.17. The number of halogens is 1. The van der Waals surface area contributed by atoms with Crippen molar-refractivity contribution < 1.29 is 0 Å². The molecule has 1 aromatic carbocycles. The number of rotatable bonds is 1. The Labute approximate surface area is 112 Å². The maximum absolute atomic E-state index is 6.10. The van der Waals surface area contributed by atoms with E-state index in [0.717, 1.165) is 42.1 Å². The fraction of sp³-hybridized carbons (Fsp3) is 0.357. The first-order chi connectivity index (χ1) is 8.74. The first kappa shape index (κ1) is 11.8. The van der Waals surface area contributed by atoms with Gasteiger partial charge in [-0.15, -0.1) is 0 Å². The SMILES string of the molecule is CN1CCN(c2ccnc3ccc(Cl)cc23)CC1. The Hall–Kier alpha value is -1.32. The number of aromatic nitrogens is 1. The lowest BCUT2D eigenvalue weighted by molar-refractivity contribution is 0.313. The number of hydrogen-bond donors (Lipinski definition) is 0. The van der Waals surface area contributed by atoms with Crippen molar-refractivity contribution in [2.75, 3.05) is 38.1 Å². The van der Waals surface area contributed by atoms with Crippen molar-refractivity contribution in [2.45, 2.75) is 0 Å². The molecule has 0 aliphatic carbocycles. The van der Waals surface area contributed by atoms with Crippen molar-refractivity contribution in [3.05, 3.63) is 35.5 Å². The third-order valence-electron chi connectivity index (χ3n) is 3.52. The second kappa shape index (κ2) is 4.75. The van der Waals surface area contributed by atoms with Gasteiger partial charge in [-0.2, -0.15) is 0 Å². The van der Waals surface area contributed by atoms with E-state index in [4.69, 9.17) is 11.6 Å². The van der Waals surface area contributed by atoms with E-state index in [1.54, 1.807) is 0 Å². The Balaban J connectivity index is 2.03. The highest BCUT2D eigenvalue weighted by atomic mass is 35.5. The second-order valence-corrected chi connectivity index (χ2v) is 5.22. The summed E-state index contributed by atoms with van der Waals surface area (Å²) in [6, 6.07) is 7.98. The third-order valence-corrected chi connectivity index (χ3v) is 3.76. The molecular weight excluding hydrogens is 246 g/mol. The van der Waals surface area contributed by atoms with Crippen molar-refractivity contribution in [1.29, 1.82) is 0 Å². The van der Waals surface area contributed by atoms with E-state index in [-0.39, 0.29) is 0 Å². The highest BCUT2D eigenvalue weighted by Crippen LogP contribution is 2.28. The highest BCUT2D eigenvalue weighted by molar-refractivity contribution is 6.31. The summed E-state index contributed by atoms with van der Waals surface area (Å²) in [5, 5.41) is 1.92. The molecule has 0 radical (unpaired) electrons. The number of anilines is 1. The van der Waals surface area contributed by atoms with Crippen LogP contribution in [0.15, 0.2) is 30.5 Å². The predicted molar refractivity (Wildman–Crippen MR) is 76.5 cm³/mol. The van der Waals surface area contributed by atoms with E-state index in [2.05, 4.69) is 27.9 Å². The molecular formula is C14H16ClN3. The molecule has 1 saturated heterocycles. The minimum atomic E-state index is 0.769. The molecule has 0 spiro atoms. The van der Waals surface area contributed by atoms with E-state index >= 15 is 0 Å². The van der Waals surface area contributed by atoms with Crippen LogP contribution in [-0.2, 0) is 0 Å². The van der Waals surface area contributed by atoms with Crippen molar-refractivity contribution >= 4 is 28.2 Å². The van der Waals surface area contributed by atoms with Gasteiger partial charge in [-0.3, -0.25) is 4.98 Å². The fourth-order valence-corrected chi connectivity index (χ4v) is 2.60. The Morgan fingerprint density at radius 2 is 1.89 bits per heavy atom. The molecule has 0 saturated carbocycles. The number of benzene rings is 1. The minimum absolute atomic E-state index is 0.769. The Kier molecular flexibility index (Phi) is 3.10. The first-order valence-corrected chi connectivity index (χ1v) is 6.59. The molecule has 1 aromatic heterocycles. The summed E-state index contributed by atoms with van der Waals surface area (Å²) < 4.78 is 0. The van der Waals surface area contributed by atoms with Gasteiger partial charge in [-0.1, -0.05) is 11.6 Å². The number of nitrogens with zero attached hydrogens (tertiary/aromatic N) is 3. The van der Waals surface area contributed by atoms with Crippen molar-refractivity contribution in [1.82, 2.24) is 9.88 Å². The number of likely N-dealkylation sites (N-methyl/N-ethyl adjacent to an activating group) is 1. The summed E-state index contributed by atoms with van der Waals surface area (Å²) in [5.41, 5.74) is 2.26. The molecule has 0 unspecified atom stereocenters. The van der Waals surface area contributed by atoms with Gasteiger partial charge in [0.15, 0.2) is 0 Å². The fourth-order valence-electron chi connectivity index (χ4n) is 2.43. The molecule has 18 heavy (non-hydrogen) atoms. The smallest absolute Gasteiger partial charge is 0.0723 e. The van der Waals surface area contributed by atoms with E-state index in [9.17, 15) is 0 Å². The van der Waals surface area contributed by atoms with Crippen LogP contribution < -0.4 is 4.90 Å². The summed E-state index contributed by atoms with van der Waals surface area (Å²) in [5.74, 6) is 0. The van der Waals surface area contributed by atoms with Gasteiger partial charge < -0.3 is 9.80 Å². The molecule has 2 heterocycles. The van der Waals surface area contributed by atoms with Crippen LogP contribution in [0.3, 0.4) is 0 Å². The van der Waals surface area contributed by atoms with Crippen LogP contribution in [0.5, 0.6) is 0 Å². The standard InChI is InChI=1S/C14H16ClN3/c1-17-6-8-18(9-7-17)14-4-5-16-13-3-2-11(15)10-12(13)14/h2-5,10H,6-9H2,1H3. The summed E-state index contributed by atoms with van der Waals surface area (Å²) in [6.45, 7) is 4.32. The van der Waals surface area contributed by atoms with Gasteiger partial charge in [-0.05, 0) is 31.3 Å². The summed E-state index contributed by atoms with van der Waals surface area (Å²) in [7, 11) is 2.17. The molecule has 0 bridgehead atoms. The monoisotopic (exact) mass is 261 g/mol. The van der Waals surface area contributed by atoms with Gasteiger partial charge in [0, 0.05) is 48.5 Å². The number of pyridine rings is 1. The average Bonchev–Trinajstić information content (AvgIpc) is 2.39. The zero-order valence-electron chi connectivity index (χ0n) is 10.4. The molecule has 2 aromatic rings. The van der Waals surface area contributed by atoms with Crippen LogP contribution in [0.25, 0.3) is 10.9 Å². The Morgan fingerprint density at radius 1 is 1.11 bits per heavy atom. The highest BCUT2D eigenvalue weighted by Gasteiger charge is 2.16. The molecule has 0 amide bonds. The molecule has 0 N–H and O–H groups in total. The topological polar surface area (TPSA) is 19.4 Å². The van der Waals surface area contributed by atoms with Crippen LogP contribution in [-0.4, -0.2) is 43.1 Å². The van der Waals surface area contributed by atoms with Crippen molar-refractivity contribution in [3.63, 3.8) is 0 Å². The van der Waals surface area contributed by atoms with Gasteiger partial charge in [0.05, 0.1) is 5.52 Å². The van der Waals surface area contributed by atoms with Gasteiger partial charge >= 0.3 is 0 Å². The summed E-state index contributed by atoms with van der Waals surface area (Å²) >= 11 is 6.10. The van der Waals surface area contributed by atoms with Crippen LogP contribution >= 0.6 is 11.6 Å². The Bertz CT molecular complexity index is 562.